The Morgan fingerprint density at radius 2 is 0.571 bits per heavy atom. The lowest BCUT2D eigenvalue weighted by atomic mass is 10.3. The summed E-state index contributed by atoms with van der Waals surface area (Å²) < 4.78 is 126. The Hall–Kier alpha value is -0.725. The summed E-state index contributed by atoms with van der Waals surface area (Å²) in [6.07, 6.45) is 0. The van der Waals surface area contributed by atoms with Gasteiger partial charge in [0.2, 0.25) is 0 Å². The molecule has 0 fully saturated rings. The third kappa shape index (κ3) is 1110. The average molecular weight is 351 g/mol. The highest BCUT2D eigenvalue weighted by Gasteiger charge is 2.21. The summed E-state index contributed by atoms with van der Waals surface area (Å²) in [6, 6.07) is 0. The second-order valence-electron chi connectivity index (χ2n) is 2.47. The predicted molar refractivity (Wildman–Crippen MR) is 54.3 cm³/mol. The first kappa shape index (κ1) is 28.4. The van der Waals surface area contributed by atoms with Gasteiger partial charge in [-0.25, -0.2) is 0 Å². The van der Waals surface area contributed by atoms with Gasteiger partial charge < -0.3 is 61.3 Å². The van der Waals surface area contributed by atoms with Gasteiger partial charge in [-0.3, -0.25) is 0 Å². The van der Waals surface area contributed by atoms with Crippen LogP contribution in [0.15, 0.2) is 0 Å². The van der Waals surface area contributed by atoms with Gasteiger partial charge in [0.15, 0.2) is 0 Å². The molecule has 134 valence electrons. The Morgan fingerprint density at radius 1 is 0.476 bits per heavy atom. The van der Waals surface area contributed by atoms with Gasteiger partial charge in [0, 0.05) is 14.2 Å². The zero-order valence-corrected chi connectivity index (χ0v) is 10.5. The Labute approximate surface area is 112 Å². The fourth-order valence-corrected chi connectivity index (χ4v) is 0.167. The number of ether oxygens (including phenoxy) is 2. The molecule has 0 aromatic rings. The van der Waals surface area contributed by atoms with E-state index in [0.29, 0.717) is 13.2 Å². The van der Waals surface area contributed by atoms with Crippen molar-refractivity contribution < 1.29 is 61.3 Å². The minimum absolute atomic E-state index is 0.691. The van der Waals surface area contributed by atoms with Crippen molar-refractivity contribution in [3.63, 3.8) is 0 Å². The van der Waals surface area contributed by atoms with Crippen LogP contribution in [0.2, 0.25) is 0 Å². The van der Waals surface area contributed by atoms with Crippen molar-refractivity contribution in [1.82, 2.24) is 0 Å². The topological polar surface area (TPSA) is 18.5 Å². The van der Waals surface area contributed by atoms with E-state index < -0.39 is 21.8 Å². The number of hydrogen-bond acceptors (Lipinski definition) is 2. The summed E-state index contributed by atoms with van der Waals surface area (Å²) in [7, 11) is -14.7. The van der Waals surface area contributed by atoms with Gasteiger partial charge in [-0.2, -0.15) is 0 Å². The van der Waals surface area contributed by atoms with E-state index in [9.17, 15) is 51.8 Å². The van der Waals surface area contributed by atoms with Crippen molar-refractivity contribution in [1.29, 1.82) is 0 Å². The first-order chi connectivity index (χ1) is 8.91. The standard InChI is InChI=1S/C4H10O2.3BF4/c1-5-3-4-6-2;3*2-1(3,4)5/h3-4H2,1-2H3;;;/q;3*-1. The quantitative estimate of drug-likeness (QED) is 0.432. The molecule has 0 rings (SSSR count). The van der Waals surface area contributed by atoms with Gasteiger partial charge in [0.25, 0.3) is 0 Å². The predicted octanol–water partition coefficient (Wildman–Crippen LogP) is 4.18. The second-order valence-corrected chi connectivity index (χ2v) is 2.47. The molecule has 17 heteroatoms. The van der Waals surface area contributed by atoms with Crippen LogP contribution in [0.5, 0.6) is 0 Å². The van der Waals surface area contributed by atoms with Crippen LogP contribution in [0.25, 0.3) is 0 Å². The van der Waals surface area contributed by atoms with E-state index in [1.165, 1.54) is 0 Å². The Bertz CT molecular complexity index is 152. The molecule has 0 saturated carbocycles. The molecule has 2 nitrogen and oxygen atoms in total. The van der Waals surface area contributed by atoms with Crippen LogP contribution >= 0.6 is 0 Å². The molecule has 0 aromatic heterocycles. The summed E-state index contributed by atoms with van der Waals surface area (Å²) in [5.41, 5.74) is 0. The lowest BCUT2D eigenvalue weighted by molar-refractivity contribution is 0.103. The van der Waals surface area contributed by atoms with Crippen LogP contribution < -0.4 is 0 Å². The Balaban J connectivity index is -0.0000000921. The van der Waals surface area contributed by atoms with E-state index in [1.807, 2.05) is 0 Å². The highest BCUT2D eigenvalue weighted by Crippen LogP contribution is 2.07. The van der Waals surface area contributed by atoms with E-state index in [2.05, 4.69) is 9.47 Å². The smallest absolute Gasteiger partial charge is 0.418 e. The molecule has 0 N–H and O–H groups in total. The molecule has 0 aliphatic carbocycles. The molecule has 0 radical (unpaired) electrons. The lowest BCUT2D eigenvalue weighted by Gasteiger charge is -1.94. The zero-order valence-electron chi connectivity index (χ0n) is 10.5. The third-order valence-electron chi connectivity index (χ3n) is 0.492. The molecular formula is C4H10B3F12O2-3. The van der Waals surface area contributed by atoms with Crippen molar-refractivity contribution in [3.05, 3.63) is 0 Å². The summed E-state index contributed by atoms with van der Waals surface area (Å²) in [5.74, 6) is 0. The first-order valence-corrected chi connectivity index (χ1v) is 4.51. The van der Waals surface area contributed by atoms with Crippen LogP contribution in [0, 0.1) is 0 Å². The van der Waals surface area contributed by atoms with Gasteiger partial charge >= 0.3 is 21.8 Å². The number of halogens is 12. The van der Waals surface area contributed by atoms with Gasteiger partial charge in [-0.15, -0.1) is 0 Å². The highest BCUT2D eigenvalue weighted by molar-refractivity contribution is 6.50. The Kier molecular flexibility index (Phi) is 19.3. The fourth-order valence-electron chi connectivity index (χ4n) is 0.167. The molecule has 0 unspecified atom stereocenters. The average Bonchev–Trinajstić information content (AvgIpc) is 2.06. The Morgan fingerprint density at radius 3 is 0.619 bits per heavy atom. The normalized spacial score (nSPS) is 11.1. The molecule has 21 heavy (non-hydrogen) atoms. The summed E-state index contributed by atoms with van der Waals surface area (Å²) in [5, 5.41) is 0. The van der Waals surface area contributed by atoms with Crippen LogP contribution in [0.1, 0.15) is 0 Å². The van der Waals surface area contributed by atoms with Gasteiger partial charge in [-0.1, -0.05) is 0 Å². The van der Waals surface area contributed by atoms with Gasteiger partial charge in [0.05, 0.1) is 13.2 Å². The molecule has 0 aromatic carbocycles. The molecule has 0 amide bonds. The van der Waals surface area contributed by atoms with Gasteiger partial charge in [0.1, 0.15) is 0 Å². The largest absolute Gasteiger partial charge is 0.673 e. The monoisotopic (exact) mass is 351 g/mol. The highest BCUT2D eigenvalue weighted by atomic mass is 19.5. The number of hydrogen-bond donors (Lipinski definition) is 0. The van der Waals surface area contributed by atoms with Gasteiger partial charge in [-0.05, 0) is 0 Å². The van der Waals surface area contributed by atoms with Crippen LogP contribution in [0.3, 0.4) is 0 Å². The fraction of sp³-hybridized carbons (Fsp3) is 1.00. The van der Waals surface area contributed by atoms with E-state index in [4.69, 9.17) is 0 Å². The molecule has 0 atom stereocenters. The molecule has 0 bridgehead atoms. The lowest BCUT2D eigenvalue weighted by Crippen LogP contribution is -2.02. The summed E-state index contributed by atoms with van der Waals surface area (Å²) >= 11 is 0. The third-order valence-corrected chi connectivity index (χ3v) is 0.492. The van der Waals surface area contributed by atoms with E-state index in [-0.39, 0.29) is 0 Å². The maximum atomic E-state index is 9.75. The maximum absolute atomic E-state index is 9.75. The van der Waals surface area contributed by atoms with E-state index >= 15 is 0 Å². The van der Waals surface area contributed by atoms with E-state index in [1.54, 1.807) is 14.2 Å². The molecule has 0 aliphatic rings. The zero-order chi connectivity index (χ0) is 18.3. The van der Waals surface area contributed by atoms with Crippen molar-refractivity contribution in [3.8, 4) is 0 Å². The van der Waals surface area contributed by atoms with Crippen molar-refractivity contribution in [2.45, 2.75) is 0 Å². The first-order valence-electron chi connectivity index (χ1n) is 4.51. The molecule has 0 saturated heterocycles. The minimum atomic E-state index is -6.00. The van der Waals surface area contributed by atoms with Crippen molar-refractivity contribution in [2.24, 2.45) is 0 Å². The molecule has 0 aliphatic heterocycles. The molecular weight excluding hydrogens is 340 g/mol. The minimum Gasteiger partial charge on any atom is -0.418 e. The summed E-state index contributed by atoms with van der Waals surface area (Å²) in [6.45, 7) is 1.38. The van der Waals surface area contributed by atoms with Crippen molar-refractivity contribution in [2.75, 3.05) is 27.4 Å². The number of rotatable bonds is 3. The number of methoxy groups -OCH3 is 2. The van der Waals surface area contributed by atoms with Crippen molar-refractivity contribution >= 4 is 21.8 Å². The van der Waals surface area contributed by atoms with Crippen LogP contribution in [0.4, 0.5) is 51.8 Å². The SMILES string of the molecule is COCCOC.F[B-](F)(F)F.F[B-](F)(F)F.F[B-](F)(F)F. The summed E-state index contributed by atoms with van der Waals surface area (Å²) in [4.78, 5) is 0. The van der Waals surface area contributed by atoms with Crippen LogP contribution in [-0.4, -0.2) is 49.2 Å². The molecule has 0 heterocycles. The molecule has 0 spiro atoms. The van der Waals surface area contributed by atoms with E-state index in [0.717, 1.165) is 0 Å². The maximum Gasteiger partial charge on any atom is 0.673 e. The second kappa shape index (κ2) is 14.2. The van der Waals surface area contributed by atoms with Crippen LogP contribution in [-0.2, 0) is 9.47 Å².